The van der Waals surface area contributed by atoms with Crippen molar-refractivity contribution < 1.29 is 8.42 Å². The van der Waals surface area contributed by atoms with Crippen molar-refractivity contribution in [3.8, 4) is 0 Å². The maximum Gasteiger partial charge on any atom is 0.160 e. The summed E-state index contributed by atoms with van der Waals surface area (Å²) in [6.07, 6.45) is 0. The summed E-state index contributed by atoms with van der Waals surface area (Å²) >= 11 is 0. The minimum absolute atomic E-state index is 0.150. The van der Waals surface area contributed by atoms with E-state index >= 15 is 0 Å². The van der Waals surface area contributed by atoms with Crippen LogP contribution in [-0.2, 0) is 9.84 Å². The molecule has 1 fully saturated rings. The molecule has 1 heterocycles. The molecule has 0 spiro atoms. The van der Waals surface area contributed by atoms with Crippen LogP contribution in [0.5, 0.6) is 0 Å². The molecule has 1 aliphatic rings. The van der Waals surface area contributed by atoms with Crippen LogP contribution in [0.2, 0.25) is 0 Å². The van der Waals surface area contributed by atoms with Gasteiger partial charge in [0.25, 0.3) is 0 Å². The van der Waals surface area contributed by atoms with Crippen LogP contribution >= 0.6 is 0 Å². The van der Waals surface area contributed by atoms with Crippen molar-refractivity contribution >= 4 is 9.84 Å². The fraction of sp³-hybridized carbons (Fsp3) is 1.00. The molecule has 0 radical (unpaired) electrons. The SMILES string of the molecule is CC(C)(C)S(=O)(=O)C1CNC1. The number of nitrogens with one attached hydrogen (secondary N) is 1. The molecule has 0 unspecified atom stereocenters. The Hall–Kier alpha value is -0.0900. The van der Waals surface area contributed by atoms with Gasteiger partial charge in [0, 0.05) is 13.1 Å². The molecule has 0 bridgehead atoms. The van der Waals surface area contributed by atoms with E-state index in [1.54, 1.807) is 20.8 Å². The molecule has 0 amide bonds. The Bertz CT molecular complexity index is 234. The molecule has 1 N–H and O–H groups in total. The van der Waals surface area contributed by atoms with Gasteiger partial charge in [-0.25, -0.2) is 8.42 Å². The van der Waals surface area contributed by atoms with Gasteiger partial charge in [-0.1, -0.05) is 0 Å². The highest BCUT2D eigenvalue weighted by atomic mass is 32.2. The van der Waals surface area contributed by atoms with E-state index in [-0.39, 0.29) is 5.25 Å². The molecule has 1 aliphatic heterocycles. The van der Waals surface area contributed by atoms with E-state index < -0.39 is 14.6 Å². The quantitative estimate of drug-likeness (QED) is 0.621. The molecule has 0 aromatic rings. The zero-order valence-electron chi connectivity index (χ0n) is 7.22. The minimum atomic E-state index is -2.90. The highest BCUT2D eigenvalue weighted by Gasteiger charge is 2.39. The first-order valence-corrected chi connectivity index (χ1v) is 5.34. The fourth-order valence-corrected chi connectivity index (χ4v) is 2.66. The highest BCUT2D eigenvalue weighted by Crippen LogP contribution is 2.22. The van der Waals surface area contributed by atoms with E-state index in [0.717, 1.165) is 0 Å². The summed E-state index contributed by atoms with van der Waals surface area (Å²) in [4.78, 5) is 0. The average molecular weight is 177 g/mol. The monoisotopic (exact) mass is 177 g/mol. The van der Waals surface area contributed by atoms with Crippen LogP contribution in [0.15, 0.2) is 0 Å². The van der Waals surface area contributed by atoms with Crippen molar-refractivity contribution in [2.75, 3.05) is 13.1 Å². The Morgan fingerprint density at radius 3 is 1.82 bits per heavy atom. The molecule has 3 nitrogen and oxygen atoms in total. The van der Waals surface area contributed by atoms with Gasteiger partial charge in [-0.2, -0.15) is 0 Å². The molecule has 1 rings (SSSR count). The second-order valence-corrected chi connectivity index (χ2v) is 6.92. The molecule has 0 aromatic heterocycles. The van der Waals surface area contributed by atoms with Gasteiger partial charge >= 0.3 is 0 Å². The lowest BCUT2D eigenvalue weighted by Gasteiger charge is -2.32. The molecule has 0 saturated carbocycles. The van der Waals surface area contributed by atoms with Gasteiger partial charge in [-0.3, -0.25) is 0 Å². The smallest absolute Gasteiger partial charge is 0.160 e. The lowest BCUT2D eigenvalue weighted by Crippen LogP contribution is -2.55. The van der Waals surface area contributed by atoms with Crippen molar-refractivity contribution in [1.82, 2.24) is 5.32 Å². The zero-order valence-corrected chi connectivity index (χ0v) is 8.03. The lowest BCUT2D eigenvalue weighted by molar-refractivity contribution is 0.477. The molecular weight excluding hydrogens is 162 g/mol. The maximum atomic E-state index is 11.6. The molecule has 1 saturated heterocycles. The standard InChI is InChI=1S/C7H15NO2S/c1-7(2,3)11(9,10)6-4-8-5-6/h6,8H,4-5H2,1-3H3. The Balaban J connectivity index is 2.82. The van der Waals surface area contributed by atoms with E-state index in [2.05, 4.69) is 5.32 Å². The van der Waals surface area contributed by atoms with Crippen molar-refractivity contribution in [1.29, 1.82) is 0 Å². The van der Waals surface area contributed by atoms with Crippen LogP contribution in [0.3, 0.4) is 0 Å². The van der Waals surface area contributed by atoms with Gasteiger partial charge in [0.05, 0.1) is 10.00 Å². The first-order valence-electron chi connectivity index (χ1n) is 3.80. The summed E-state index contributed by atoms with van der Waals surface area (Å²) in [5.41, 5.74) is 0. The highest BCUT2D eigenvalue weighted by molar-refractivity contribution is 7.93. The second kappa shape index (κ2) is 2.45. The summed E-state index contributed by atoms with van der Waals surface area (Å²) < 4.78 is 22.6. The summed E-state index contributed by atoms with van der Waals surface area (Å²) in [5, 5.41) is 2.81. The molecule has 11 heavy (non-hydrogen) atoms. The summed E-state index contributed by atoms with van der Waals surface area (Å²) in [6.45, 7) is 6.50. The Morgan fingerprint density at radius 1 is 1.27 bits per heavy atom. The Labute approximate surface area is 68.1 Å². The summed E-state index contributed by atoms with van der Waals surface area (Å²) in [5.74, 6) is 0. The molecule has 0 aromatic carbocycles. The number of rotatable bonds is 1. The van der Waals surface area contributed by atoms with Crippen molar-refractivity contribution in [2.45, 2.75) is 30.8 Å². The molecule has 0 atom stereocenters. The van der Waals surface area contributed by atoms with Gasteiger partial charge in [-0.05, 0) is 20.8 Å². The number of sulfone groups is 1. The summed E-state index contributed by atoms with van der Waals surface area (Å²) in [7, 11) is -2.90. The first kappa shape index (κ1) is 9.00. The van der Waals surface area contributed by atoms with Crippen LogP contribution in [-0.4, -0.2) is 31.5 Å². The third kappa shape index (κ3) is 1.42. The van der Waals surface area contributed by atoms with E-state index in [9.17, 15) is 8.42 Å². The molecule has 0 aliphatic carbocycles. The lowest BCUT2D eigenvalue weighted by atomic mass is 10.2. The zero-order chi connectivity index (χ0) is 8.70. The van der Waals surface area contributed by atoms with E-state index in [1.165, 1.54) is 0 Å². The fourth-order valence-electron chi connectivity index (χ4n) is 0.982. The Kier molecular flexibility index (Phi) is 2.01. The van der Waals surface area contributed by atoms with Gasteiger partial charge in [0.1, 0.15) is 0 Å². The van der Waals surface area contributed by atoms with Crippen LogP contribution in [0.1, 0.15) is 20.8 Å². The van der Waals surface area contributed by atoms with Gasteiger partial charge in [0.2, 0.25) is 0 Å². The normalized spacial score (nSPS) is 21.4. The predicted octanol–water partition coefficient (Wildman–Crippen LogP) is 0.172. The van der Waals surface area contributed by atoms with Crippen molar-refractivity contribution in [3.63, 3.8) is 0 Å². The largest absolute Gasteiger partial charge is 0.314 e. The molecule has 4 heteroatoms. The topological polar surface area (TPSA) is 46.2 Å². The van der Waals surface area contributed by atoms with Crippen LogP contribution in [0.25, 0.3) is 0 Å². The maximum absolute atomic E-state index is 11.6. The number of hydrogen-bond acceptors (Lipinski definition) is 3. The number of hydrogen-bond donors (Lipinski definition) is 1. The van der Waals surface area contributed by atoms with E-state index in [1.807, 2.05) is 0 Å². The van der Waals surface area contributed by atoms with Crippen molar-refractivity contribution in [2.24, 2.45) is 0 Å². The van der Waals surface area contributed by atoms with Crippen LogP contribution in [0, 0.1) is 0 Å². The molecular formula is C7H15NO2S. The minimum Gasteiger partial charge on any atom is -0.314 e. The van der Waals surface area contributed by atoms with E-state index in [4.69, 9.17) is 0 Å². The third-order valence-corrected chi connectivity index (χ3v) is 4.95. The van der Waals surface area contributed by atoms with Crippen LogP contribution in [0.4, 0.5) is 0 Å². The third-order valence-electron chi connectivity index (χ3n) is 2.04. The van der Waals surface area contributed by atoms with Gasteiger partial charge < -0.3 is 5.32 Å². The van der Waals surface area contributed by atoms with Gasteiger partial charge in [-0.15, -0.1) is 0 Å². The molecule has 66 valence electrons. The second-order valence-electron chi connectivity index (χ2n) is 3.94. The Morgan fingerprint density at radius 2 is 1.73 bits per heavy atom. The average Bonchev–Trinajstić information content (AvgIpc) is 1.53. The van der Waals surface area contributed by atoms with Crippen LogP contribution < -0.4 is 5.32 Å². The van der Waals surface area contributed by atoms with E-state index in [0.29, 0.717) is 13.1 Å². The first-order chi connectivity index (χ1) is 4.86. The predicted molar refractivity (Wildman–Crippen MR) is 45.3 cm³/mol. The van der Waals surface area contributed by atoms with Gasteiger partial charge in [0.15, 0.2) is 9.84 Å². The summed E-state index contributed by atoms with van der Waals surface area (Å²) in [6, 6.07) is 0. The van der Waals surface area contributed by atoms with Crippen molar-refractivity contribution in [3.05, 3.63) is 0 Å².